The summed E-state index contributed by atoms with van der Waals surface area (Å²) in [7, 11) is 0. The summed E-state index contributed by atoms with van der Waals surface area (Å²) in [6.07, 6.45) is 1.67. The Morgan fingerprint density at radius 1 is 1.62 bits per heavy atom. The fourth-order valence-electron chi connectivity index (χ4n) is 1.28. The Kier molecular flexibility index (Phi) is 5.22. The van der Waals surface area contributed by atoms with Gasteiger partial charge in [-0.05, 0) is 26.0 Å². The molecule has 0 spiro atoms. The van der Waals surface area contributed by atoms with E-state index in [0.717, 1.165) is 0 Å². The van der Waals surface area contributed by atoms with Gasteiger partial charge in [0.15, 0.2) is 0 Å². The zero-order valence-electron chi connectivity index (χ0n) is 9.75. The predicted octanol–water partition coefficient (Wildman–Crippen LogP) is 2.01. The van der Waals surface area contributed by atoms with Gasteiger partial charge < -0.3 is 10.6 Å². The number of hydrogen-bond acceptors (Lipinski definition) is 3. The molecule has 88 valence electrons. The van der Waals surface area contributed by atoms with E-state index in [9.17, 15) is 4.79 Å². The fraction of sp³-hybridized carbons (Fsp3) is 0.417. The lowest BCUT2D eigenvalue weighted by molar-refractivity contribution is -0.120. The van der Waals surface area contributed by atoms with E-state index < -0.39 is 0 Å². The number of amides is 1. The van der Waals surface area contributed by atoms with Gasteiger partial charge >= 0.3 is 0 Å². The third-order valence-electron chi connectivity index (χ3n) is 2.20. The van der Waals surface area contributed by atoms with Crippen LogP contribution in [0.3, 0.4) is 0 Å². The Hall–Kier alpha value is -1.13. The van der Waals surface area contributed by atoms with Crippen LogP contribution in [-0.4, -0.2) is 19.0 Å². The molecular weight excluding hydrogens is 220 g/mol. The summed E-state index contributed by atoms with van der Waals surface area (Å²) >= 11 is 1.75. The standard InChI is InChI=1S/C12H18N2OS/c1-4-7-13-12(15)8-14-10(3)11-6-5-9(2)16-11/h4-6,10,14H,1,7-8H2,2-3H3,(H,13,15). The Morgan fingerprint density at radius 2 is 2.38 bits per heavy atom. The molecule has 0 saturated heterocycles. The summed E-state index contributed by atoms with van der Waals surface area (Å²) in [6, 6.07) is 4.41. The Bertz CT molecular complexity index is 360. The highest BCUT2D eigenvalue weighted by Crippen LogP contribution is 2.21. The highest BCUT2D eigenvalue weighted by Gasteiger charge is 2.08. The minimum Gasteiger partial charge on any atom is -0.352 e. The summed E-state index contributed by atoms with van der Waals surface area (Å²) in [5.74, 6) is 0.0000260. The monoisotopic (exact) mass is 238 g/mol. The van der Waals surface area contributed by atoms with Gasteiger partial charge in [-0.3, -0.25) is 4.79 Å². The lowest BCUT2D eigenvalue weighted by Crippen LogP contribution is -2.34. The van der Waals surface area contributed by atoms with Crippen LogP contribution in [0, 0.1) is 6.92 Å². The van der Waals surface area contributed by atoms with Crippen LogP contribution < -0.4 is 10.6 Å². The van der Waals surface area contributed by atoms with E-state index in [2.05, 4.69) is 43.2 Å². The van der Waals surface area contributed by atoms with E-state index in [0.29, 0.717) is 13.1 Å². The number of hydrogen-bond donors (Lipinski definition) is 2. The number of aryl methyl sites for hydroxylation is 1. The zero-order valence-corrected chi connectivity index (χ0v) is 10.6. The summed E-state index contributed by atoms with van der Waals surface area (Å²) in [6.45, 7) is 8.55. The van der Waals surface area contributed by atoms with E-state index in [1.165, 1.54) is 9.75 Å². The third-order valence-corrected chi connectivity index (χ3v) is 3.38. The number of carbonyl (C=O) groups excluding carboxylic acids is 1. The first-order valence-electron chi connectivity index (χ1n) is 5.30. The van der Waals surface area contributed by atoms with E-state index in [1.807, 2.05) is 0 Å². The second-order valence-corrected chi connectivity index (χ2v) is 4.96. The SMILES string of the molecule is C=CCNC(=O)CNC(C)c1ccc(C)s1. The molecule has 1 aromatic heterocycles. The topological polar surface area (TPSA) is 41.1 Å². The van der Waals surface area contributed by atoms with Gasteiger partial charge in [0, 0.05) is 22.3 Å². The number of thiophene rings is 1. The largest absolute Gasteiger partial charge is 0.352 e. The molecule has 0 bridgehead atoms. The van der Waals surface area contributed by atoms with Crippen LogP contribution in [0.1, 0.15) is 22.7 Å². The van der Waals surface area contributed by atoms with Gasteiger partial charge in [0.05, 0.1) is 6.54 Å². The van der Waals surface area contributed by atoms with Crippen LogP contribution in [0.5, 0.6) is 0 Å². The number of rotatable bonds is 6. The third kappa shape index (κ3) is 4.16. The van der Waals surface area contributed by atoms with E-state index in [4.69, 9.17) is 0 Å². The molecule has 4 heteroatoms. The molecule has 0 aromatic carbocycles. The van der Waals surface area contributed by atoms with Gasteiger partial charge in [0.25, 0.3) is 0 Å². The van der Waals surface area contributed by atoms with Crippen molar-refractivity contribution in [1.82, 2.24) is 10.6 Å². The number of nitrogens with one attached hydrogen (secondary N) is 2. The summed E-state index contributed by atoms with van der Waals surface area (Å²) in [5, 5.41) is 5.91. The molecular formula is C12H18N2OS. The van der Waals surface area contributed by atoms with Gasteiger partial charge in [-0.1, -0.05) is 6.08 Å². The van der Waals surface area contributed by atoms with Gasteiger partial charge in [0.1, 0.15) is 0 Å². The first kappa shape index (κ1) is 12.9. The maximum atomic E-state index is 11.3. The van der Waals surface area contributed by atoms with Gasteiger partial charge in [-0.2, -0.15) is 0 Å². The zero-order chi connectivity index (χ0) is 12.0. The summed E-state index contributed by atoms with van der Waals surface area (Å²) in [5.41, 5.74) is 0. The van der Waals surface area contributed by atoms with Gasteiger partial charge in [-0.25, -0.2) is 0 Å². The summed E-state index contributed by atoms with van der Waals surface area (Å²) in [4.78, 5) is 13.9. The molecule has 1 amide bonds. The van der Waals surface area contributed by atoms with Crippen molar-refractivity contribution >= 4 is 17.2 Å². The van der Waals surface area contributed by atoms with Crippen molar-refractivity contribution in [2.45, 2.75) is 19.9 Å². The van der Waals surface area contributed by atoms with Gasteiger partial charge in [0.2, 0.25) is 5.91 Å². The van der Waals surface area contributed by atoms with Crippen LogP contribution in [0.25, 0.3) is 0 Å². The second kappa shape index (κ2) is 6.45. The first-order valence-corrected chi connectivity index (χ1v) is 6.12. The first-order chi connectivity index (χ1) is 7.63. The summed E-state index contributed by atoms with van der Waals surface area (Å²) < 4.78 is 0. The second-order valence-electron chi connectivity index (χ2n) is 3.64. The highest BCUT2D eigenvalue weighted by molar-refractivity contribution is 7.12. The predicted molar refractivity (Wildman–Crippen MR) is 68.7 cm³/mol. The molecule has 1 aromatic rings. The molecule has 0 saturated carbocycles. The number of carbonyl (C=O) groups is 1. The molecule has 1 rings (SSSR count). The van der Waals surface area contributed by atoms with Crippen LogP contribution >= 0.6 is 11.3 Å². The van der Waals surface area contributed by atoms with Crippen molar-refractivity contribution in [3.63, 3.8) is 0 Å². The van der Waals surface area contributed by atoms with E-state index in [1.54, 1.807) is 17.4 Å². The fourth-order valence-corrected chi connectivity index (χ4v) is 2.19. The maximum Gasteiger partial charge on any atom is 0.234 e. The average molecular weight is 238 g/mol. The maximum absolute atomic E-state index is 11.3. The molecule has 1 heterocycles. The van der Waals surface area contributed by atoms with Crippen LogP contribution in [-0.2, 0) is 4.79 Å². The molecule has 1 unspecified atom stereocenters. The average Bonchev–Trinajstić information content (AvgIpc) is 2.69. The lowest BCUT2D eigenvalue weighted by Gasteiger charge is -2.11. The molecule has 0 radical (unpaired) electrons. The minimum absolute atomic E-state index is 0.0000260. The molecule has 0 fully saturated rings. The van der Waals surface area contributed by atoms with E-state index in [-0.39, 0.29) is 11.9 Å². The normalized spacial score (nSPS) is 12.1. The smallest absolute Gasteiger partial charge is 0.234 e. The molecule has 0 aliphatic rings. The van der Waals surface area contributed by atoms with Crippen molar-refractivity contribution in [2.75, 3.05) is 13.1 Å². The Balaban J connectivity index is 2.32. The van der Waals surface area contributed by atoms with Gasteiger partial charge in [-0.15, -0.1) is 17.9 Å². The van der Waals surface area contributed by atoms with Crippen molar-refractivity contribution in [1.29, 1.82) is 0 Å². The van der Waals surface area contributed by atoms with Crippen molar-refractivity contribution in [2.24, 2.45) is 0 Å². The van der Waals surface area contributed by atoms with Crippen LogP contribution in [0.15, 0.2) is 24.8 Å². The van der Waals surface area contributed by atoms with Crippen LogP contribution in [0.2, 0.25) is 0 Å². The van der Waals surface area contributed by atoms with Crippen LogP contribution in [0.4, 0.5) is 0 Å². The lowest BCUT2D eigenvalue weighted by atomic mass is 10.2. The molecule has 16 heavy (non-hydrogen) atoms. The molecule has 0 aliphatic carbocycles. The van der Waals surface area contributed by atoms with Crippen molar-refractivity contribution in [3.05, 3.63) is 34.5 Å². The molecule has 1 atom stereocenters. The molecule has 0 aliphatic heterocycles. The van der Waals surface area contributed by atoms with E-state index >= 15 is 0 Å². The Morgan fingerprint density at radius 3 is 2.94 bits per heavy atom. The molecule has 3 nitrogen and oxygen atoms in total. The highest BCUT2D eigenvalue weighted by atomic mass is 32.1. The van der Waals surface area contributed by atoms with Crippen molar-refractivity contribution < 1.29 is 4.79 Å². The minimum atomic E-state index is 0.0000260. The quantitative estimate of drug-likeness (QED) is 0.744. The van der Waals surface area contributed by atoms with Crippen molar-refractivity contribution in [3.8, 4) is 0 Å². The molecule has 2 N–H and O–H groups in total. The Labute approximate surface area is 101 Å².